The number of nitrogens with two attached hydrogens (primary N) is 1. The molecule has 0 aromatic rings. The molecule has 8 unspecified atom stereocenters. The molecule has 1 amide bonds. The van der Waals surface area contributed by atoms with Crippen LogP contribution in [0.5, 0.6) is 0 Å². The van der Waals surface area contributed by atoms with Gasteiger partial charge in [-0.05, 0) is 110 Å². The van der Waals surface area contributed by atoms with Crippen LogP contribution in [0.3, 0.4) is 0 Å². The number of carbonyl (C=O) groups excluding carboxylic acids is 1. The maximum atomic E-state index is 12.6. The number of rotatable bonds is 13. The van der Waals surface area contributed by atoms with E-state index in [9.17, 15) is 4.79 Å². The summed E-state index contributed by atoms with van der Waals surface area (Å²) in [5.74, 6) is 6.78. The Labute approximate surface area is 257 Å². The highest BCUT2D eigenvalue weighted by atomic mass is 32.1. The van der Waals surface area contributed by atoms with Gasteiger partial charge in [0, 0.05) is 12.8 Å². The van der Waals surface area contributed by atoms with Crippen LogP contribution >= 0.6 is 12.6 Å². The summed E-state index contributed by atoms with van der Waals surface area (Å²) in [5, 5.41) is 2.92. The highest BCUT2D eigenvalue weighted by Gasteiger charge is 2.59. The minimum atomic E-state index is -0.295. The van der Waals surface area contributed by atoms with E-state index in [0.717, 1.165) is 85.6 Å². The molecule has 0 radical (unpaired) electrons. The van der Waals surface area contributed by atoms with E-state index in [1.165, 1.54) is 51.4 Å². The van der Waals surface area contributed by atoms with Crippen molar-refractivity contribution in [3.8, 4) is 0 Å². The fourth-order valence-electron chi connectivity index (χ4n) is 9.85. The van der Waals surface area contributed by atoms with Gasteiger partial charge in [0.25, 0.3) is 0 Å². The predicted molar refractivity (Wildman–Crippen MR) is 174 cm³/mol. The second-order valence-corrected chi connectivity index (χ2v) is 15.6. The van der Waals surface area contributed by atoms with E-state index in [0.29, 0.717) is 18.5 Å². The van der Waals surface area contributed by atoms with Crippen molar-refractivity contribution in [1.82, 2.24) is 5.32 Å². The Hall–Kier alpha value is -1.17. The molecule has 3 saturated carbocycles. The van der Waals surface area contributed by atoms with Crippen molar-refractivity contribution in [2.24, 2.45) is 52.1 Å². The molecule has 4 N–H and O–H groups in total. The minimum absolute atomic E-state index is 0.00638. The fourth-order valence-corrected chi connectivity index (χ4v) is 10.1. The van der Waals surface area contributed by atoms with Crippen molar-refractivity contribution in [2.45, 2.75) is 131 Å². The topological polar surface area (TPSA) is 78.3 Å². The predicted octanol–water partition coefficient (Wildman–Crippen LogP) is 6.66. The Morgan fingerprint density at radius 1 is 1.10 bits per heavy atom. The molecule has 4 rings (SSSR count). The van der Waals surface area contributed by atoms with Crippen LogP contribution in [0.15, 0.2) is 11.6 Å². The number of nitrogens with one attached hydrogen (secondary N) is 2. The lowest BCUT2D eigenvalue weighted by Crippen LogP contribution is -2.77. The van der Waals surface area contributed by atoms with Crippen LogP contribution in [0.25, 0.3) is 0 Å². The molecule has 8 atom stereocenters. The molecule has 6 heteroatoms. The van der Waals surface area contributed by atoms with E-state index in [1.54, 1.807) is 5.57 Å². The smallest absolute Gasteiger partial charge is 0.407 e. The number of hydrogen-bond acceptors (Lipinski definition) is 3. The molecular weight excluding hydrogens is 526 g/mol. The van der Waals surface area contributed by atoms with Crippen molar-refractivity contribution >= 4 is 24.6 Å². The zero-order chi connectivity index (χ0) is 29.6. The Morgan fingerprint density at radius 2 is 1.90 bits per heavy atom. The SMILES string of the molecule is CC(C)CCCC(C)C1CCC2C3CC=C4CC(OC(=O)NCC[NH+]=C(N)CCCCS)CCC4(C)C3CCC12C. The first kappa shape index (κ1) is 32.7. The van der Waals surface area contributed by atoms with Gasteiger partial charge in [0.15, 0.2) is 0 Å². The molecule has 0 saturated heterocycles. The van der Waals surface area contributed by atoms with Gasteiger partial charge in [0.2, 0.25) is 5.84 Å². The average Bonchev–Trinajstić information content (AvgIpc) is 3.28. The number of ether oxygens (including phenoxy) is 1. The molecule has 234 valence electrons. The van der Waals surface area contributed by atoms with Gasteiger partial charge in [-0.1, -0.05) is 65.5 Å². The van der Waals surface area contributed by atoms with Gasteiger partial charge in [0.1, 0.15) is 12.6 Å². The van der Waals surface area contributed by atoms with Gasteiger partial charge in [-0.15, -0.1) is 0 Å². The zero-order valence-corrected chi connectivity index (χ0v) is 27.9. The summed E-state index contributed by atoms with van der Waals surface area (Å²) in [6, 6.07) is 0. The Bertz CT molecular complexity index is 934. The van der Waals surface area contributed by atoms with Crippen LogP contribution in [-0.4, -0.2) is 36.9 Å². The second-order valence-electron chi connectivity index (χ2n) is 15.1. The quantitative estimate of drug-likeness (QED) is 0.0639. The van der Waals surface area contributed by atoms with Crippen molar-refractivity contribution < 1.29 is 14.5 Å². The number of unbranched alkanes of at least 4 members (excludes halogenated alkanes) is 1. The van der Waals surface area contributed by atoms with E-state index >= 15 is 0 Å². The number of carbonyl (C=O) groups is 1. The van der Waals surface area contributed by atoms with Crippen LogP contribution in [0.2, 0.25) is 0 Å². The second kappa shape index (κ2) is 14.5. The van der Waals surface area contributed by atoms with Crippen molar-refractivity contribution in [3.63, 3.8) is 0 Å². The Balaban J connectivity index is 1.28. The highest BCUT2D eigenvalue weighted by molar-refractivity contribution is 7.80. The number of alkyl carbamates (subject to hydrolysis) is 1. The van der Waals surface area contributed by atoms with Crippen LogP contribution in [-0.2, 0) is 4.74 Å². The molecule has 0 spiro atoms. The fraction of sp³-hybridized carbons (Fsp3) is 0.886. The maximum Gasteiger partial charge on any atom is 0.407 e. The third-order valence-corrected chi connectivity index (χ3v) is 12.5. The molecule has 3 fully saturated rings. The molecule has 0 aliphatic heterocycles. The number of allylic oxidation sites excluding steroid dienone is 1. The zero-order valence-electron chi connectivity index (χ0n) is 27.0. The first-order valence-electron chi connectivity index (χ1n) is 17.2. The summed E-state index contributed by atoms with van der Waals surface area (Å²) in [5.41, 5.74) is 8.40. The van der Waals surface area contributed by atoms with Crippen molar-refractivity contribution in [2.75, 3.05) is 18.8 Å². The minimum Gasteiger partial charge on any atom is -0.446 e. The van der Waals surface area contributed by atoms with Crippen LogP contribution < -0.4 is 16.0 Å². The van der Waals surface area contributed by atoms with Crippen molar-refractivity contribution in [1.29, 1.82) is 0 Å². The standard InChI is InChI=1S/C35H61N3O2S/c1-24(2)9-8-10-25(3)29-14-15-30-28-13-12-26-23-27(16-18-34(26,4)31(28)17-19-35(29,30)5)40-33(39)38-21-20-37-32(36)11-6-7-22-41/h12,24-25,27-31,41H,6-11,13-23H2,1-5H3,(H2,36,37)(H,38,39)/p+1. The van der Waals surface area contributed by atoms with Gasteiger partial charge in [-0.25, -0.2) is 4.79 Å². The lowest BCUT2D eigenvalue weighted by molar-refractivity contribution is -0.457. The first-order valence-corrected chi connectivity index (χ1v) is 17.8. The molecule has 0 aromatic heterocycles. The molecule has 5 nitrogen and oxygen atoms in total. The molecule has 0 bridgehead atoms. The van der Waals surface area contributed by atoms with Crippen LogP contribution in [0, 0.1) is 46.3 Å². The van der Waals surface area contributed by atoms with Crippen LogP contribution in [0.1, 0.15) is 125 Å². The van der Waals surface area contributed by atoms with Crippen LogP contribution in [0.4, 0.5) is 4.79 Å². The third-order valence-electron chi connectivity index (χ3n) is 12.1. The summed E-state index contributed by atoms with van der Waals surface area (Å²) in [7, 11) is 0. The molecule has 0 aromatic carbocycles. The summed E-state index contributed by atoms with van der Waals surface area (Å²) in [4.78, 5) is 15.8. The highest BCUT2D eigenvalue weighted by Crippen LogP contribution is 2.67. The van der Waals surface area contributed by atoms with Crippen molar-refractivity contribution in [3.05, 3.63) is 11.6 Å². The monoisotopic (exact) mass is 588 g/mol. The molecule has 0 heterocycles. The number of amidine groups is 1. The normalized spacial score (nSPS) is 35.7. The lowest BCUT2D eigenvalue weighted by Gasteiger charge is -2.58. The third kappa shape index (κ3) is 7.68. The van der Waals surface area contributed by atoms with E-state index in [2.05, 4.69) is 63.6 Å². The van der Waals surface area contributed by atoms with Gasteiger partial charge >= 0.3 is 6.09 Å². The Kier molecular flexibility index (Phi) is 11.6. The van der Waals surface area contributed by atoms with E-state index in [1.807, 2.05) is 0 Å². The van der Waals surface area contributed by atoms with Gasteiger partial charge in [0.05, 0.1) is 6.54 Å². The molecular formula is C35H62N3O2S+. The van der Waals surface area contributed by atoms with E-state index in [-0.39, 0.29) is 17.6 Å². The number of thiol groups is 1. The maximum absolute atomic E-state index is 12.6. The van der Waals surface area contributed by atoms with Gasteiger partial charge in [-0.3, -0.25) is 10.7 Å². The number of fused-ring (bicyclic) bond motifs is 5. The summed E-state index contributed by atoms with van der Waals surface area (Å²) >= 11 is 4.24. The summed E-state index contributed by atoms with van der Waals surface area (Å²) in [6.07, 6.45) is 19.4. The molecule has 4 aliphatic carbocycles. The number of amides is 1. The number of hydrogen-bond donors (Lipinski definition) is 4. The largest absolute Gasteiger partial charge is 0.446 e. The van der Waals surface area contributed by atoms with E-state index < -0.39 is 0 Å². The first-order chi connectivity index (χ1) is 19.6. The van der Waals surface area contributed by atoms with E-state index in [4.69, 9.17) is 10.5 Å². The summed E-state index contributed by atoms with van der Waals surface area (Å²) < 4.78 is 5.92. The Morgan fingerprint density at radius 3 is 2.66 bits per heavy atom. The van der Waals surface area contributed by atoms with Gasteiger partial charge in [-0.2, -0.15) is 12.6 Å². The average molecular weight is 589 g/mol. The van der Waals surface area contributed by atoms with Gasteiger partial charge < -0.3 is 10.1 Å². The molecule has 41 heavy (non-hydrogen) atoms. The lowest BCUT2D eigenvalue weighted by atomic mass is 9.47. The molecule has 4 aliphatic rings. The summed E-state index contributed by atoms with van der Waals surface area (Å²) in [6.45, 7) is 13.7.